The van der Waals surface area contributed by atoms with Crippen molar-refractivity contribution >= 4 is 0 Å². The summed E-state index contributed by atoms with van der Waals surface area (Å²) in [5, 5.41) is 0. The number of rotatable bonds is 0. The van der Waals surface area contributed by atoms with Crippen molar-refractivity contribution in [3.05, 3.63) is 0 Å². The Morgan fingerprint density at radius 1 is 0.833 bits per heavy atom. The lowest BCUT2D eigenvalue weighted by Crippen LogP contribution is -2.36. The maximum Gasteiger partial charge on any atom is 0.00698 e. The lowest BCUT2D eigenvalue weighted by Gasteiger charge is -2.32. The highest BCUT2D eigenvalue weighted by molar-refractivity contribution is 4.83. The summed E-state index contributed by atoms with van der Waals surface area (Å²) in [6.07, 6.45) is 11.4. The monoisotopic (exact) mass is 167 g/mol. The molecule has 3 saturated carbocycles. The van der Waals surface area contributed by atoms with E-state index < -0.39 is 0 Å². The van der Waals surface area contributed by atoms with Crippen LogP contribution in [0.25, 0.3) is 0 Å². The summed E-state index contributed by atoms with van der Waals surface area (Å²) in [5.74, 6) is 1.86. The molecule has 0 aromatic rings. The Hall–Kier alpha value is -0.0400. The van der Waals surface area contributed by atoms with Crippen LogP contribution in [0.3, 0.4) is 0 Å². The molecule has 0 saturated heterocycles. The summed E-state index contributed by atoms with van der Waals surface area (Å²) in [4.78, 5) is 0. The molecule has 0 aliphatic heterocycles. The minimum atomic E-state index is 0.543. The quantitative estimate of drug-likeness (QED) is 0.590. The molecule has 2 N–H and O–H groups in total. The SMILES string of the molecule is NC1CC2CCCCCC1CC2. The molecule has 3 rings (SSSR count). The molecule has 1 heteroatoms. The van der Waals surface area contributed by atoms with Gasteiger partial charge in [-0.2, -0.15) is 0 Å². The second-order valence-corrected chi connectivity index (χ2v) is 4.74. The van der Waals surface area contributed by atoms with Gasteiger partial charge in [0, 0.05) is 6.04 Å². The summed E-state index contributed by atoms with van der Waals surface area (Å²) < 4.78 is 0. The smallest absolute Gasteiger partial charge is 0.00698 e. The summed E-state index contributed by atoms with van der Waals surface area (Å²) in [7, 11) is 0. The highest BCUT2D eigenvalue weighted by Crippen LogP contribution is 2.35. The first-order valence-electron chi connectivity index (χ1n) is 5.62. The average molecular weight is 167 g/mol. The van der Waals surface area contributed by atoms with E-state index in [2.05, 4.69) is 0 Å². The molecule has 0 aromatic carbocycles. The minimum absolute atomic E-state index is 0.543. The number of nitrogens with two attached hydrogens (primary N) is 1. The molecule has 0 amide bonds. The third-order valence-corrected chi connectivity index (χ3v) is 3.84. The molecule has 1 nitrogen and oxygen atoms in total. The van der Waals surface area contributed by atoms with Gasteiger partial charge in [0.1, 0.15) is 0 Å². The van der Waals surface area contributed by atoms with Crippen molar-refractivity contribution in [2.45, 2.75) is 57.4 Å². The van der Waals surface area contributed by atoms with Gasteiger partial charge in [0.25, 0.3) is 0 Å². The Bertz CT molecular complexity index is 140. The predicted octanol–water partition coefficient (Wildman–Crippen LogP) is 2.69. The zero-order chi connectivity index (χ0) is 8.39. The number of fused-ring (bicyclic) bond motifs is 6. The van der Waals surface area contributed by atoms with Gasteiger partial charge in [-0.05, 0) is 31.1 Å². The van der Waals surface area contributed by atoms with Crippen LogP contribution in [0.5, 0.6) is 0 Å². The molecule has 0 spiro atoms. The molecule has 12 heavy (non-hydrogen) atoms. The molecule has 70 valence electrons. The molecular formula is C11H21N. The van der Waals surface area contributed by atoms with Crippen LogP contribution in [0.4, 0.5) is 0 Å². The van der Waals surface area contributed by atoms with Gasteiger partial charge in [-0.1, -0.05) is 32.1 Å². The Morgan fingerprint density at radius 3 is 2.50 bits per heavy atom. The first-order chi connectivity index (χ1) is 5.86. The van der Waals surface area contributed by atoms with Crippen LogP contribution >= 0.6 is 0 Å². The second kappa shape index (κ2) is 3.78. The van der Waals surface area contributed by atoms with Crippen molar-refractivity contribution in [1.82, 2.24) is 0 Å². The molecule has 3 aliphatic carbocycles. The van der Waals surface area contributed by atoms with Crippen LogP contribution in [0, 0.1) is 11.8 Å². The maximum atomic E-state index is 6.16. The summed E-state index contributed by atoms with van der Waals surface area (Å²) in [6, 6.07) is 0.543. The summed E-state index contributed by atoms with van der Waals surface area (Å²) in [6.45, 7) is 0. The van der Waals surface area contributed by atoms with E-state index in [0.717, 1.165) is 11.8 Å². The topological polar surface area (TPSA) is 26.0 Å². The van der Waals surface area contributed by atoms with Crippen molar-refractivity contribution < 1.29 is 0 Å². The fourth-order valence-electron chi connectivity index (χ4n) is 3.00. The van der Waals surface area contributed by atoms with Gasteiger partial charge in [-0.15, -0.1) is 0 Å². The zero-order valence-electron chi connectivity index (χ0n) is 7.97. The van der Waals surface area contributed by atoms with Gasteiger partial charge in [-0.3, -0.25) is 0 Å². The van der Waals surface area contributed by atoms with Crippen LogP contribution in [-0.2, 0) is 0 Å². The van der Waals surface area contributed by atoms with E-state index in [1.165, 1.54) is 51.4 Å². The molecule has 0 radical (unpaired) electrons. The molecule has 3 unspecified atom stereocenters. The van der Waals surface area contributed by atoms with E-state index in [4.69, 9.17) is 5.73 Å². The van der Waals surface area contributed by atoms with Crippen molar-refractivity contribution in [2.75, 3.05) is 0 Å². The normalized spacial score (nSPS) is 43.2. The van der Waals surface area contributed by atoms with Gasteiger partial charge in [0.05, 0.1) is 0 Å². The molecule has 3 aliphatic rings. The Balaban J connectivity index is 1.99. The number of hydrogen-bond acceptors (Lipinski definition) is 1. The zero-order valence-corrected chi connectivity index (χ0v) is 7.97. The van der Waals surface area contributed by atoms with Crippen molar-refractivity contribution in [2.24, 2.45) is 17.6 Å². The third-order valence-electron chi connectivity index (χ3n) is 3.84. The van der Waals surface area contributed by atoms with E-state index in [9.17, 15) is 0 Å². The van der Waals surface area contributed by atoms with E-state index in [0.29, 0.717) is 6.04 Å². The molecule has 0 heterocycles. The Morgan fingerprint density at radius 2 is 1.67 bits per heavy atom. The minimum Gasteiger partial charge on any atom is -0.327 e. The predicted molar refractivity (Wildman–Crippen MR) is 51.9 cm³/mol. The third kappa shape index (κ3) is 1.82. The van der Waals surface area contributed by atoms with Gasteiger partial charge in [0.15, 0.2) is 0 Å². The number of hydrogen-bond donors (Lipinski definition) is 1. The largest absolute Gasteiger partial charge is 0.327 e. The van der Waals surface area contributed by atoms with Crippen molar-refractivity contribution in [1.29, 1.82) is 0 Å². The highest BCUT2D eigenvalue weighted by Gasteiger charge is 2.28. The summed E-state index contributed by atoms with van der Waals surface area (Å²) >= 11 is 0. The fourth-order valence-corrected chi connectivity index (χ4v) is 3.00. The van der Waals surface area contributed by atoms with Gasteiger partial charge in [0.2, 0.25) is 0 Å². The Kier molecular flexibility index (Phi) is 2.69. The highest BCUT2D eigenvalue weighted by atomic mass is 14.7. The lowest BCUT2D eigenvalue weighted by molar-refractivity contribution is 0.228. The fraction of sp³-hybridized carbons (Fsp3) is 1.00. The molecule has 3 atom stereocenters. The molecule has 3 fully saturated rings. The van der Waals surface area contributed by atoms with E-state index in [1.807, 2.05) is 0 Å². The van der Waals surface area contributed by atoms with E-state index in [1.54, 1.807) is 0 Å². The Labute approximate surface area is 75.7 Å². The van der Waals surface area contributed by atoms with Crippen LogP contribution in [0.2, 0.25) is 0 Å². The summed E-state index contributed by atoms with van der Waals surface area (Å²) in [5.41, 5.74) is 6.16. The van der Waals surface area contributed by atoms with Crippen LogP contribution < -0.4 is 5.73 Å². The van der Waals surface area contributed by atoms with Gasteiger partial charge in [-0.25, -0.2) is 0 Å². The van der Waals surface area contributed by atoms with E-state index >= 15 is 0 Å². The molecular weight excluding hydrogens is 146 g/mol. The lowest BCUT2D eigenvalue weighted by atomic mass is 9.77. The van der Waals surface area contributed by atoms with Gasteiger partial charge < -0.3 is 5.73 Å². The maximum absolute atomic E-state index is 6.16. The first-order valence-corrected chi connectivity index (χ1v) is 5.62. The second-order valence-electron chi connectivity index (χ2n) is 4.74. The standard InChI is InChI=1S/C11H21N/c12-11-8-9-4-2-1-3-5-10(11)7-6-9/h9-11H,1-8,12H2. The first kappa shape index (κ1) is 8.55. The van der Waals surface area contributed by atoms with E-state index in [-0.39, 0.29) is 0 Å². The molecule has 2 bridgehead atoms. The average Bonchev–Trinajstić information content (AvgIpc) is 2.21. The van der Waals surface area contributed by atoms with Crippen LogP contribution in [-0.4, -0.2) is 6.04 Å². The molecule has 0 aromatic heterocycles. The van der Waals surface area contributed by atoms with Crippen LogP contribution in [0.15, 0.2) is 0 Å². The van der Waals surface area contributed by atoms with Gasteiger partial charge >= 0.3 is 0 Å². The van der Waals surface area contributed by atoms with Crippen molar-refractivity contribution in [3.8, 4) is 0 Å². The van der Waals surface area contributed by atoms with Crippen LogP contribution in [0.1, 0.15) is 51.4 Å². The van der Waals surface area contributed by atoms with Crippen molar-refractivity contribution in [3.63, 3.8) is 0 Å².